The summed E-state index contributed by atoms with van der Waals surface area (Å²) in [7, 11) is 2.24. The summed E-state index contributed by atoms with van der Waals surface area (Å²) in [4.78, 5) is 3.92. The highest BCUT2D eigenvalue weighted by Crippen LogP contribution is 2.22. The lowest BCUT2D eigenvalue weighted by Gasteiger charge is -2.34. The van der Waals surface area contributed by atoms with E-state index in [0.717, 1.165) is 18.9 Å². The van der Waals surface area contributed by atoms with Crippen LogP contribution in [0, 0.1) is 5.92 Å². The van der Waals surface area contributed by atoms with E-state index in [9.17, 15) is 0 Å². The van der Waals surface area contributed by atoms with Gasteiger partial charge in [0.25, 0.3) is 0 Å². The van der Waals surface area contributed by atoms with E-state index >= 15 is 0 Å². The Balaban J connectivity index is 1.69. The molecule has 2 atom stereocenters. The Morgan fingerprint density at radius 3 is 3.06 bits per heavy atom. The number of rotatable bonds is 5. The summed E-state index contributed by atoms with van der Waals surface area (Å²) in [5, 5.41) is 3.70. The molecule has 1 aromatic heterocycles. The van der Waals surface area contributed by atoms with Gasteiger partial charge in [0.2, 0.25) is 0 Å². The molecular weight excluding hydrogens is 308 g/mol. The Hall–Kier alpha value is 0.1000. The number of nitrogens with one attached hydrogen (secondary N) is 1. The van der Waals surface area contributed by atoms with Crippen LogP contribution in [0.15, 0.2) is 15.9 Å². The molecule has 0 amide bonds. The highest BCUT2D eigenvalue weighted by molar-refractivity contribution is 9.11. The Bertz CT molecular complexity index is 366. The Kier molecular flexibility index (Phi) is 5.67. The maximum Gasteiger partial charge on any atom is 0.0701 e. The summed E-state index contributed by atoms with van der Waals surface area (Å²) in [6, 6.07) is 4.99. The largest absolute Gasteiger partial charge is 0.314 e. The van der Waals surface area contributed by atoms with Gasteiger partial charge in [0.1, 0.15) is 0 Å². The third-order valence-corrected chi connectivity index (χ3v) is 5.52. The molecule has 102 valence electrons. The molecule has 4 heteroatoms. The predicted molar refractivity (Wildman–Crippen MR) is 83.4 cm³/mol. The van der Waals surface area contributed by atoms with Crippen LogP contribution in [0.2, 0.25) is 0 Å². The van der Waals surface area contributed by atoms with Gasteiger partial charge in [0, 0.05) is 24.0 Å². The van der Waals surface area contributed by atoms with Gasteiger partial charge in [-0.2, -0.15) is 0 Å². The second-order valence-electron chi connectivity index (χ2n) is 5.36. The zero-order chi connectivity index (χ0) is 13.0. The molecule has 1 fully saturated rings. The maximum atomic E-state index is 3.70. The molecule has 1 saturated heterocycles. The first-order chi connectivity index (χ1) is 8.65. The molecule has 0 radical (unpaired) electrons. The number of thiophene rings is 1. The smallest absolute Gasteiger partial charge is 0.0701 e. The zero-order valence-corrected chi connectivity index (χ0v) is 13.7. The van der Waals surface area contributed by atoms with E-state index in [2.05, 4.69) is 52.3 Å². The number of halogens is 1. The van der Waals surface area contributed by atoms with Crippen molar-refractivity contribution in [3.05, 3.63) is 20.8 Å². The van der Waals surface area contributed by atoms with Gasteiger partial charge in [0.05, 0.1) is 3.79 Å². The van der Waals surface area contributed by atoms with Gasteiger partial charge in [-0.15, -0.1) is 11.3 Å². The molecule has 2 heterocycles. The summed E-state index contributed by atoms with van der Waals surface area (Å²) in [6.07, 6.45) is 3.87. The minimum atomic E-state index is 0.635. The van der Waals surface area contributed by atoms with Gasteiger partial charge < -0.3 is 10.2 Å². The van der Waals surface area contributed by atoms with Crippen LogP contribution in [0.3, 0.4) is 0 Å². The third-order valence-electron chi connectivity index (χ3n) is 3.83. The molecule has 1 aliphatic heterocycles. The summed E-state index contributed by atoms with van der Waals surface area (Å²) in [6.45, 7) is 5.95. The number of nitrogens with zero attached hydrogens (tertiary/aromatic N) is 1. The Labute approximate surface area is 123 Å². The number of hydrogen-bond donors (Lipinski definition) is 1. The predicted octanol–water partition coefficient (Wildman–Crippen LogP) is 3.37. The molecule has 0 spiro atoms. The van der Waals surface area contributed by atoms with Crippen LogP contribution in [0.1, 0.15) is 24.6 Å². The van der Waals surface area contributed by atoms with Crippen molar-refractivity contribution in [2.75, 3.05) is 26.7 Å². The normalized spacial score (nSPS) is 23.2. The summed E-state index contributed by atoms with van der Waals surface area (Å²) < 4.78 is 1.24. The van der Waals surface area contributed by atoms with Crippen LogP contribution in [-0.2, 0) is 6.42 Å². The second-order valence-corrected chi connectivity index (χ2v) is 7.91. The van der Waals surface area contributed by atoms with E-state index in [1.807, 2.05) is 11.3 Å². The van der Waals surface area contributed by atoms with Gasteiger partial charge in [0.15, 0.2) is 0 Å². The number of likely N-dealkylation sites (tertiary alicyclic amines) is 1. The zero-order valence-electron chi connectivity index (χ0n) is 11.3. The van der Waals surface area contributed by atoms with Crippen LogP contribution >= 0.6 is 27.3 Å². The summed E-state index contributed by atoms with van der Waals surface area (Å²) in [5.41, 5.74) is 0. The molecule has 0 aliphatic carbocycles. The lowest BCUT2D eigenvalue weighted by Crippen LogP contribution is -2.43. The van der Waals surface area contributed by atoms with Crippen molar-refractivity contribution in [1.29, 1.82) is 0 Å². The number of hydrogen-bond acceptors (Lipinski definition) is 3. The van der Waals surface area contributed by atoms with Crippen molar-refractivity contribution in [3.63, 3.8) is 0 Å². The van der Waals surface area contributed by atoms with Crippen LogP contribution in [-0.4, -0.2) is 37.6 Å². The SMILES string of the molecule is CC(NCCc1ccc(Br)s1)C1CCCN(C)C1. The van der Waals surface area contributed by atoms with Crippen LogP contribution in [0.25, 0.3) is 0 Å². The first-order valence-corrected chi connectivity index (χ1v) is 8.42. The molecule has 2 rings (SSSR count). The Morgan fingerprint density at radius 2 is 2.39 bits per heavy atom. The van der Waals surface area contributed by atoms with Gasteiger partial charge in [-0.25, -0.2) is 0 Å². The average molecular weight is 331 g/mol. The summed E-state index contributed by atoms with van der Waals surface area (Å²) in [5.74, 6) is 0.818. The van der Waals surface area contributed by atoms with Crippen molar-refractivity contribution >= 4 is 27.3 Å². The molecular formula is C14H23BrN2S. The van der Waals surface area contributed by atoms with E-state index in [1.165, 1.54) is 34.6 Å². The molecule has 0 aromatic carbocycles. The maximum absolute atomic E-state index is 3.70. The van der Waals surface area contributed by atoms with Crippen molar-refractivity contribution in [3.8, 4) is 0 Å². The monoisotopic (exact) mass is 330 g/mol. The fourth-order valence-corrected chi connectivity index (χ4v) is 4.17. The van der Waals surface area contributed by atoms with Crippen molar-refractivity contribution < 1.29 is 0 Å². The average Bonchev–Trinajstić information content (AvgIpc) is 2.75. The van der Waals surface area contributed by atoms with E-state index in [0.29, 0.717) is 6.04 Å². The molecule has 1 aliphatic rings. The quantitative estimate of drug-likeness (QED) is 0.890. The molecule has 2 unspecified atom stereocenters. The van der Waals surface area contributed by atoms with Crippen molar-refractivity contribution in [2.45, 2.75) is 32.2 Å². The molecule has 1 aromatic rings. The molecule has 0 saturated carbocycles. The van der Waals surface area contributed by atoms with Crippen molar-refractivity contribution in [1.82, 2.24) is 10.2 Å². The highest BCUT2D eigenvalue weighted by Gasteiger charge is 2.22. The fourth-order valence-electron chi connectivity index (χ4n) is 2.69. The minimum absolute atomic E-state index is 0.635. The molecule has 18 heavy (non-hydrogen) atoms. The van der Waals surface area contributed by atoms with E-state index in [1.54, 1.807) is 0 Å². The van der Waals surface area contributed by atoms with Crippen LogP contribution in [0.5, 0.6) is 0 Å². The number of piperidine rings is 1. The van der Waals surface area contributed by atoms with Crippen molar-refractivity contribution in [2.24, 2.45) is 5.92 Å². The van der Waals surface area contributed by atoms with E-state index in [-0.39, 0.29) is 0 Å². The first kappa shape index (κ1) is 14.5. The molecule has 2 nitrogen and oxygen atoms in total. The van der Waals surface area contributed by atoms with Gasteiger partial charge in [-0.1, -0.05) is 0 Å². The first-order valence-electron chi connectivity index (χ1n) is 6.81. The lowest BCUT2D eigenvalue weighted by atomic mass is 9.92. The van der Waals surface area contributed by atoms with Gasteiger partial charge >= 0.3 is 0 Å². The standard InChI is InChI=1S/C14H23BrN2S/c1-11(12-4-3-9-17(2)10-12)16-8-7-13-5-6-14(15)18-13/h5-6,11-12,16H,3-4,7-10H2,1-2H3. The molecule has 1 N–H and O–H groups in total. The van der Waals surface area contributed by atoms with Crippen LogP contribution in [0.4, 0.5) is 0 Å². The fraction of sp³-hybridized carbons (Fsp3) is 0.714. The Morgan fingerprint density at radius 1 is 1.56 bits per heavy atom. The van der Waals surface area contributed by atoms with Gasteiger partial charge in [-0.05, 0) is 73.8 Å². The lowest BCUT2D eigenvalue weighted by molar-refractivity contribution is 0.179. The van der Waals surface area contributed by atoms with Crippen LogP contribution < -0.4 is 5.32 Å². The molecule has 0 bridgehead atoms. The van der Waals surface area contributed by atoms with E-state index < -0.39 is 0 Å². The highest BCUT2D eigenvalue weighted by atomic mass is 79.9. The summed E-state index contributed by atoms with van der Waals surface area (Å²) >= 11 is 5.36. The minimum Gasteiger partial charge on any atom is -0.314 e. The second kappa shape index (κ2) is 7.04. The third kappa shape index (κ3) is 4.34. The van der Waals surface area contributed by atoms with E-state index in [4.69, 9.17) is 0 Å². The van der Waals surface area contributed by atoms with Gasteiger partial charge in [-0.3, -0.25) is 0 Å². The topological polar surface area (TPSA) is 15.3 Å².